The number of rotatable bonds is 7. The molecule has 0 bridgehead atoms. The van der Waals surface area contributed by atoms with Crippen LogP contribution in [0.25, 0.3) is 0 Å². The van der Waals surface area contributed by atoms with Gasteiger partial charge in [0.15, 0.2) is 11.5 Å². The van der Waals surface area contributed by atoms with E-state index in [1.54, 1.807) is 0 Å². The SMILES string of the molecule is CC(C)N([C]Oc1c(OP(C(C)(C)C)C(C)(C)C)cc(C(C)(C)C)cc1C(C)(C)C)C(C)C. The highest BCUT2D eigenvalue weighted by Gasteiger charge is 2.39. The highest BCUT2D eigenvalue weighted by atomic mass is 31.1. The van der Waals surface area contributed by atoms with E-state index in [1.807, 2.05) is 0 Å². The maximum Gasteiger partial charge on any atom is 0.283 e. The molecule has 0 atom stereocenters. The van der Waals surface area contributed by atoms with Gasteiger partial charge in [-0.3, -0.25) is 4.90 Å². The fraction of sp³-hybridized carbons (Fsp3) is 0.759. The van der Waals surface area contributed by atoms with Crippen molar-refractivity contribution in [3.63, 3.8) is 0 Å². The van der Waals surface area contributed by atoms with Crippen molar-refractivity contribution in [1.82, 2.24) is 4.90 Å². The molecule has 0 N–H and O–H groups in total. The molecule has 0 aliphatic heterocycles. The van der Waals surface area contributed by atoms with Gasteiger partial charge in [0.25, 0.3) is 6.73 Å². The van der Waals surface area contributed by atoms with Crippen LogP contribution in [0.2, 0.25) is 0 Å². The van der Waals surface area contributed by atoms with Gasteiger partial charge in [-0.1, -0.05) is 89.2 Å². The molecular weight excluding hydrogens is 425 g/mol. The smallest absolute Gasteiger partial charge is 0.283 e. The highest BCUT2D eigenvalue weighted by molar-refractivity contribution is 7.56. The number of nitrogens with zero attached hydrogens (tertiary/aromatic N) is 1. The fourth-order valence-corrected chi connectivity index (χ4v) is 6.94. The van der Waals surface area contributed by atoms with Crippen molar-refractivity contribution in [1.29, 1.82) is 0 Å². The van der Waals surface area contributed by atoms with Crippen molar-refractivity contribution in [3.8, 4) is 11.5 Å². The summed E-state index contributed by atoms with van der Waals surface area (Å²) in [6, 6.07) is 5.09. The Morgan fingerprint density at radius 2 is 1.18 bits per heavy atom. The molecule has 0 spiro atoms. The van der Waals surface area contributed by atoms with Crippen LogP contribution in [0.15, 0.2) is 12.1 Å². The molecular formula is C29H52NO2P. The molecule has 4 heteroatoms. The van der Waals surface area contributed by atoms with Crippen molar-refractivity contribution >= 4 is 8.15 Å². The summed E-state index contributed by atoms with van der Waals surface area (Å²) in [5, 5.41) is 0.0552. The van der Waals surface area contributed by atoms with Crippen LogP contribution in [0.3, 0.4) is 0 Å². The first-order valence-electron chi connectivity index (χ1n) is 12.4. The Labute approximate surface area is 207 Å². The summed E-state index contributed by atoms with van der Waals surface area (Å²) in [5.74, 6) is 1.63. The number of hydrogen-bond acceptors (Lipinski definition) is 3. The summed E-state index contributed by atoms with van der Waals surface area (Å²) in [4.78, 5) is 2.13. The van der Waals surface area contributed by atoms with E-state index in [0.717, 1.165) is 17.1 Å². The lowest BCUT2D eigenvalue weighted by Gasteiger charge is -2.41. The van der Waals surface area contributed by atoms with Crippen LogP contribution in [-0.4, -0.2) is 27.3 Å². The second-order valence-electron chi connectivity index (χ2n) is 13.9. The van der Waals surface area contributed by atoms with E-state index in [2.05, 4.69) is 135 Å². The third-order valence-corrected chi connectivity index (χ3v) is 8.32. The van der Waals surface area contributed by atoms with E-state index in [9.17, 15) is 0 Å². The number of ether oxygens (including phenoxy) is 1. The third kappa shape index (κ3) is 8.43. The van der Waals surface area contributed by atoms with Crippen LogP contribution in [0.4, 0.5) is 0 Å². The molecule has 0 amide bonds. The summed E-state index contributed by atoms with van der Waals surface area (Å²) in [6.07, 6.45) is 0. The lowest BCUT2D eigenvalue weighted by Crippen LogP contribution is -2.36. The van der Waals surface area contributed by atoms with Gasteiger partial charge in [0.1, 0.15) is 0 Å². The molecule has 0 aliphatic carbocycles. The van der Waals surface area contributed by atoms with Crippen molar-refractivity contribution in [2.75, 3.05) is 0 Å². The quantitative estimate of drug-likeness (QED) is 0.289. The van der Waals surface area contributed by atoms with Crippen molar-refractivity contribution in [2.24, 2.45) is 0 Å². The van der Waals surface area contributed by atoms with Crippen LogP contribution < -0.4 is 9.26 Å². The lowest BCUT2D eigenvalue weighted by atomic mass is 9.80. The fourth-order valence-electron chi connectivity index (χ4n) is 4.05. The molecule has 0 unspecified atom stereocenters. The lowest BCUT2D eigenvalue weighted by molar-refractivity contribution is 0.131. The largest absolute Gasteiger partial charge is 0.469 e. The zero-order chi connectivity index (χ0) is 26.2. The zero-order valence-electron chi connectivity index (χ0n) is 24.5. The monoisotopic (exact) mass is 477 g/mol. The Balaban J connectivity index is 3.77. The predicted octanol–water partition coefficient (Wildman–Crippen LogP) is 9.15. The van der Waals surface area contributed by atoms with Gasteiger partial charge in [-0.15, -0.1) is 0 Å². The van der Waals surface area contributed by atoms with Gasteiger partial charge in [0.05, 0.1) is 8.15 Å². The maximum absolute atomic E-state index is 6.98. The molecule has 1 aromatic rings. The standard InChI is InChI=1S/C29H52NO2P/c1-20(2)30(21(3)4)19-31-25-23(27(8,9)10)17-22(26(5,6)7)18-24(25)32-33(28(11,12)13)29(14,15)16/h17-18,20-21H,1-16H3. The second kappa shape index (κ2) is 10.4. The first-order valence-corrected chi connectivity index (χ1v) is 13.7. The van der Waals surface area contributed by atoms with Gasteiger partial charge in [-0.05, 0) is 50.2 Å². The molecule has 1 aromatic carbocycles. The molecule has 0 aliphatic rings. The van der Waals surface area contributed by atoms with Crippen LogP contribution in [0, 0.1) is 6.73 Å². The van der Waals surface area contributed by atoms with Gasteiger partial charge < -0.3 is 9.26 Å². The van der Waals surface area contributed by atoms with Gasteiger partial charge in [0.2, 0.25) is 0 Å². The van der Waals surface area contributed by atoms with Crippen molar-refractivity contribution in [3.05, 3.63) is 30.0 Å². The Morgan fingerprint density at radius 3 is 1.52 bits per heavy atom. The average Bonchev–Trinajstić information content (AvgIpc) is 2.55. The molecule has 0 aromatic heterocycles. The molecule has 2 radical (unpaired) electrons. The van der Waals surface area contributed by atoms with E-state index < -0.39 is 8.15 Å². The summed E-state index contributed by atoms with van der Waals surface area (Å²) in [6.45, 7) is 39.1. The summed E-state index contributed by atoms with van der Waals surface area (Å²) in [5.41, 5.74) is 2.31. The van der Waals surface area contributed by atoms with Gasteiger partial charge in [0, 0.05) is 28.0 Å². The van der Waals surface area contributed by atoms with Crippen molar-refractivity contribution in [2.45, 2.75) is 144 Å². The van der Waals surface area contributed by atoms with Gasteiger partial charge in [-0.2, -0.15) is 0 Å². The van der Waals surface area contributed by atoms with Crippen molar-refractivity contribution < 1.29 is 9.26 Å². The van der Waals surface area contributed by atoms with Crippen LogP contribution in [0.1, 0.15) is 122 Å². The van der Waals surface area contributed by atoms with E-state index in [-0.39, 0.29) is 21.1 Å². The molecule has 0 saturated carbocycles. The normalized spacial score (nSPS) is 14.1. The summed E-state index contributed by atoms with van der Waals surface area (Å²) >= 11 is 0. The molecule has 190 valence electrons. The third-order valence-electron chi connectivity index (χ3n) is 5.50. The number of hydrogen-bond donors (Lipinski definition) is 0. The summed E-state index contributed by atoms with van der Waals surface area (Å²) < 4.78 is 13.4. The molecule has 0 saturated heterocycles. The van der Waals surface area contributed by atoms with Crippen LogP contribution in [-0.2, 0) is 10.8 Å². The molecule has 1 rings (SSSR count). The van der Waals surface area contributed by atoms with E-state index in [1.165, 1.54) is 5.56 Å². The first kappa shape index (κ1) is 30.2. The van der Waals surface area contributed by atoms with Crippen LogP contribution in [0.5, 0.6) is 11.5 Å². The first-order chi connectivity index (χ1) is 14.6. The Hall–Kier alpha value is -0.790. The zero-order valence-corrected chi connectivity index (χ0v) is 25.4. The maximum atomic E-state index is 6.98. The topological polar surface area (TPSA) is 21.7 Å². The number of benzene rings is 1. The minimum absolute atomic E-state index is 0.00180. The molecule has 33 heavy (non-hydrogen) atoms. The highest BCUT2D eigenvalue weighted by Crippen LogP contribution is 2.61. The Kier molecular flexibility index (Phi) is 9.58. The Bertz CT molecular complexity index is 749. The molecule has 0 heterocycles. The average molecular weight is 478 g/mol. The second-order valence-corrected chi connectivity index (χ2v) is 17.3. The Morgan fingerprint density at radius 1 is 0.727 bits per heavy atom. The van der Waals surface area contributed by atoms with E-state index >= 15 is 0 Å². The van der Waals surface area contributed by atoms with Crippen LogP contribution >= 0.6 is 8.15 Å². The van der Waals surface area contributed by atoms with Gasteiger partial charge >= 0.3 is 0 Å². The molecule has 0 fully saturated rings. The minimum atomic E-state index is -0.804. The summed E-state index contributed by atoms with van der Waals surface area (Å²) in [7, 11) is -0.804. The van der Waals surface area contributed by atoms with E-state index in [0.29, 0.717) is 12.1 Å². The predicted molar refractivity (Wildman–Crippen MR) is 147 cm³/mol. The minimum Gasteiger partial charge on any atom is -0.469 e. The van der Waals surface area contributed by atoms with Gasteiger partial charge in [-0.25, -0.2) is 0 Å². The molecule has 3 nitrogen and oxygen atoms in total. The van der Waals surface area contributed by atoms with E-state index in [4.69, 9.17) is 9.26 Å².